The molecule has 1 N–H and O–H groups in total. The van der Waals surface area contributed by atoms with Crippen LogP contribution in [0.2, 0.25) is 0 Å². The summed E-state index contributed by atoms with van der Waals surface area (Å²) >= 11 is 0. The molecular weight excluding hydrogens is 254 g/mol. The maximum Gasteiger partial charge on any atom is 0.251 e. The van der Waals surface area contributed by atoms with Gasteiger partial charge >= 0.3 is 0 Å². The quantitative estimate of drug-likeness (QED) is 0.777. The zero-order chi connectivity index (χ0) is 14.2. The predicted molar refractivity (Wildman–Crippen MR) is 77.9 cm³/mol. The molecule has 0 bridgehead atoms. The van der Waals surface area contributed by atoms with Crippen LogP contribution in [0.5, 0.6) is 0 Å². The molecule has 0 aliphatic carbocycles. The van der Waals surface area contributed by atoms with E-state index >= 15 is 0 Å². The minimum Gasteiger partial charge on any atom is -0.381 e. The van der Waals surface area contributed by atoms with Gasteiger partial charge < -0.3 is 14.8 Å². The second-order valence-corrected chi connectivity index (χ2v) is 5.28. The average molecular weight is 277 g/mol. The number of carbonyl (C=O) groups is 1. The Labute approximate surface area is 120 Å². The van der Waals surface area contributed by atoms with Crippen LogP contribution in [-0.2, 0) is 9.47 Å². The van der Waals surface area contributed by atoms with Gasteiger partial charge in [0.15, 0.2) is 0 Å². The van der Waals surface area contributed by atoms with Gasteiger partial charge in [-0.25, -0.2) is 0 Å². The smallest absolute Gasteiger partial charge is 0.251 e. The summed E-state index contributed by atoms with van der Waals surface area (Å²) in [4.78, 5) is 11.9. The SMILES string of the molecule is Cc1cccc(C(=O)NCCCOCC2CCOC2)c1. The Morgan fingerprint density at radius 2 is 2.40 bits per heavy atom. The first kappa shape index (κ1) is 15.0. The van der Waals surface area contributed by atoms with Gasteiger partial charge in [-0.2, -0.15) is 0 Å². The average Bonchev–Trinajstić information content (AvgIpc) is 2.95. The van der Waals surface area contributed by atoms with Crippen LogP contribution in [0, 0.1) is 12.8 Å². The van der Waals surface area contributed by atoms with Crippen molar-refractivity contribution in [3.8, 4) is 0 Å². The Bertz CT molecular complexity index is 427. The number of aryl methyl sites for hydroxylation is 1. The highest BCUT2D eigenvalue weighted by Gasteiger charge is 2.15. The van der Waals surface area contributed by atoms with Gasteiger partial charge in [-0.1, -0.05) is 17.7 Å². The van der Waals surface area contributed by atoms with Gasteiger partial charge in [-0.05, 0) is 31.9 Å². The molecule has 1 aliphatic heterocycles. The highest BCUT2D eigenvalue weighted by atomic mass is 16.5. The summed E-state index contributed by atoms with van der Waals surface area (Å²) < 4.78 is 10.9. The molecule has 0 radical (unpaired) electrons. The maximum absolute atomic E-state index is 11.9. The molecule has 1 fully saturated rings. The summed E-state index contributed by atoms with van der Waals surface area (Å²) in [6, 6.07) is 7.61. The summed E-state index contributed by atoms with van der Waals surface area (Å²) in [6.07, 6.45) is 1.94. The minimum atomic E-state index is -0.0158. The molecule has 2 rings (SSSR count). The summed E-state index contributed by atoms with van der Waals surface area (Å²) in [7, 11) is 0. The zero-order valence-corrected chi connectivity index (χ0v) is 12.1. The number of carbonyl (C=O) groups excluding carboxylic acids is 1. The predicted octanol–water partition coefficient (Wildman–Crippen LogP) is 2.17. The van der Waals surface area contributed by atoms with Gasteiger partial charge in [0.05, 0.1) is 13.2 Å². The third kappa shape index (κ3) is 4.94. The number of ether oxygens (including phenoxy) is 2. The number of nitrogens with one attached hydrogen (secondary N) is 1. The monoisotopic (exact) mass is 277 g/mol. The molecule has 0 aromatic heterocycles. The fourth-order valence-corrected chi connectivity index (χ4v) is 2.23. The summed E-state index contributed by atoms with van der Waals surface area (Å²) in [6.45, 7) is 5.77. The summed E-state index contributed by atoms with van der Waals surface area (Å²) in [5.74, 6) is 0.537. The van der Waals surface area contributed by atoms with Gasteiger partial charge in [0.25, 0.3) is 5.91 Å². The number of rotatable bonds is 7. The van der Waals surface area contributed by atoms with E-state index in [1.54, 1.807) is 0 Å². The van der Waals surface area contributed by atoms with Crippen LogP contribution in [0.4, 0.5) is 0 Å². The standard InChI is InChI=1S/C16H23NO3/c1-13-4-2-5-15(10-13)16(18)17-7-3-8-19-11-14-6-9-20-12-14/h2,4-5,10,14H,3,6-9,11-12H2,1H3,(H,17,18). The molecule has 1 aliphatic rings. The van der Waals surface area contributed by atoms with Crippen molar-refractivity contribution in [3.05, 3.63) is 35.4 Å². The lowest BCUT2D eigenvalue weighted by atomic mass is 10.1. The number of amides is 1. The Balaban J connectivity index is 1.55. The molecule has 4 heteroatoms. The maximum atomic E-state index is 11.9. The lowest BCUT2D eigenvalue weighted by Gasteiger charge is -2.09. The van der Waals surface area contributed by atoms with E-state index in [0.717, 1.165) is 38.2 Å². The van der Waals surface area contributed by atoms with Crippen LogP contribution in [0.3, 0.4) is 0 Å². The first-order chi connectivity index (χ1) is 9.75. The van der Waals surface area contributed by atoms with Crippen LogP contribution >= 0.6 is 0 Å². The molecule has 0 spiro atoms. The van der Waals surface area contributed by atoms with E-state index in [0.29, 0.717) is 24.6 Å². The van der Waals surface area contributed by atoms with Crippen LogP contribution in [0.25, 0.3) is 0 Å². The first-order valence-corrected chi connectivity index (χ1v) is 7.26. The van der Waals surface area contributed by atoms with Crippen molar-refractivity contribution in [2.24, 2.45) is 5.92 Å². The molecular formula is C16H23NO3. The Morgan fingerprint density at radius 3 is 3.15 bits per heavy atom. The molecule has 20 heavy (non-hydrogen) atoms. The molecule has 110 valence electrons. The second kappa shape index (κ2) is 8.02. The zero-order valence-electron chi connectivity index (χ0n) is 12.1. The molecule has 1 saturated heterocycles. The van der Waals surface area contributed by atoms with E-state index in [9.17, 15) is 4.79 Å². The molecule has 1 aromatic carbocycles. The lowest BCUT2D eigenvalue weighted by molar-refractivity contribution is 0.0853. The van der Waals surface area contributed by atoms with Crippen molar-refractivity contribution in [1.82, 2.24) is 5.32 Å². The van der Waals surface area contributed by atoms with Crippen LogP contribution in [0.15, 0.2) is 24.3 Å². The fourth-order valence-electron chi connectivity index (χ4n) is 2.23. The fraction of sp³-hybridized carbons (Fsp3) is 0.562. The van der Waals surface area contributed by atoms with Crippen molar-refractivity contribution in [2.45, 2.75) is 19.8 Å². The van der Waals surface area contributed by atoms with Crippen LogP contribution < -0.4 is 5.32 Å². The molecule has 0 saturated carbocycles. The van der Waals surface area contributed by atoms with E-state index in [4.69, 9.17) is 9.47 Å². The van der Waals surface area contributed by atoms with Crippen molar-refractivity contribution < 1.29 is 14.3 Å². The highest BCUT2D eigenvalue weighted by Crippen LogP contribution is 2.12. The molecule has 4 nitrogen and oxygen atoms in total. The summed E-state index contributed by atoms with van der Waals surface area (Å²) in [5.41, 5.74) is 1.81. The lowest BCUT2D eigenvalue weighted by Crippen LogP contribution is -2.25. The minimum absolute atomic E-state index is 0.0158. The Hall–Kier alpha value is -1.39. The van der Waals surface area contributed by atoms with Crippen molar-refractivity contribution in [1.29, 1.82) is 0 Å². The number of hydrogen-bond acceptors (Lipinski definition) is 3. The number of hydrogen-bond donors (Lipinski definition) is 1. The van der Waals surface area contributed by atoms with Gasteiger partial charge in [-0.3, -0.25) is 4.79 Å². The van der Waals surface area contributed by atoms with E-state index < -0.39 is 0 Å². The van der Waals surface area contributed by atoms with Crippen molar-refractivity contribution in [3.63, 3.8) is 0 Å². The van der Waals surface area contributed by atoms with Crippen molar-refractivity contribution >= 4 is 5.91 Å². The first-order valence-electron chi connectivity index (χ1n) is 7.26. The van der Waals surface area contributed by atoms with E-state index in [1.807, 2.05) is 31.2 Å². The van der Waals surface area contributed by atoms with Gasteiger partial charge in [-0.15, -0.1) is 0 Å². The summed E-state index contributed by atoms with van der Waals surface area (Å²) in [5, 5.41) is 2.91. The molecule has 1 aromatic rings. The van der Waals surface area contributed by atoms with E-state index in [1.165, 1.54) is 0 Å². The van der Waals surface area contributed by atoms with Crippen molar-refractivity contribution in [2.75, 3.05) is 33.0 Å². The van der Waals surface area contributed by atoms with Gasteiger partial charge in [0.1, 0.15) is 0 Å². The molecule has 1 atom stereocenters. The third-order valence-corrected chi connectivity index (χ3v) is 3.41. The molecule has 1 unspecified atom stereocenters. The normalized spacial score (nSPS) is 18.1. The van der Waals surface area contributed by atoms with Gasteiger partial charge in [0, 0.05) is 31.2 Å². The second-order valence-electron chi connectivity index (χ2n) is 5.28. The Kier molecular flexibility index (Phi) is 6.02. The van der Waals surface area contributed by atoms with Crippen LogP contribution in [-0.4, -0.2) is 38.9 Å². The molecule has 1 amide bonds. The highest BCUT2D eigenvalue weighted by molar-refractivity contribution is 5.94. The van der Waals surface area contributed by atoms with E-state index in [2.05, 4.69) is 5.32 Å². The van der Waals surface area contributed by atoms with Gasteiger partial charge in [0.2, 0.25) is 0 Å². The van der Waals surface area contributed by atoms with E-state index in [-0.39, 0.29) is 5.91 Å². The number of benzene rings is 1. The molecule has 1 heterocycles. The third-order valence-electron chi connectivity index (χ3n) is 3.41. The van der Waals surface area contributed by atoms with Crippen LogP contribution in [0.1, 0.15) is 28.8 Å². The topological polar surface area (TPSA) is 47.6 Å². The largest absolute Gasteiger partial charge is 0.381 e. The Morgan fingerprint density at radius 1 is 1.50 bits per heavy atom.